The number of aliphatic hydroxyl groups excluding tert-OH is 1. The smallest absolute Gasteiger partial charge is 0.237 e. The van der Waals surface area contributed by atoms with Crippen LogP contribution in [-0.4, -0.2) is 48.8 Å². The van der Waals surface area contributed by atoms with Crippen LogP contribution in [0.3, 0.4) is 0 Å². The summed E-state index contributed by atoms with van der Waals surface area (Å²) in [6.07, 6.45) is 1.97. The number of para-hydroxylation sites is 1. The van der Waals surface area contributed by atoms with E-state index in [2.05, 4.69) is 59.2 Å². The maximum Gasteiger partial charge on any atom is 0.237 e. The molecular formula is C29H32N2O3. The molecule has 5 heteroatoms. The Morgan fingerprint density at radius 3 is 2.44 bits per heavy atom. The molecule has 0 bridgehead atoms. The molecule has 1 N–H and O–H groups in total. The molecule has 0 radical (unpaired) electrons. The summed E-state index contributed by atoms with van der Waals surface area (Å²) in [5.74, 6) is 0.197. The summed E-state index contributed by atoms with van der Waals surface area (Å²) in [5, 5.41) is 13.7. The van der Waals surface area contributed by atoms with E-state index in [0.29, 0.717) is 13.0 Å². The zero-order valence-corrected chi connectivity index (χ0v) is 19.9. The second-order valence-corrected chi connectivity index (χ2v) is 10.2. The molecule has 34 heavy (non-hydrogen) atoms. The second-order valence-electron chi connectivity index (χ2n) is 10.2. The molecule has 0 spiro atoms. The number of hydrogen-bond donors (Lipinski definition) is 1. The number of amides is 1. The molecule has 5 nitrogen and oxygen atoms in total. The minimum Gasteiger partial charge on any atom is -0.386 e. The van der Waals surface area contributed by atoms with Crippen LogP contribution in [0, 0.1) is 0 Å². The number of likely N-dealkylation sites (tertiary alicyclic amines) is 1. The van der Waals surface area contributed by atoms with Crippen LogP contribution >= 0.6 is 0 Å². The fourth-order valence-corrected chi connectivity index (χ4v) is 6.60. The Morgan fingerprint density at radius 1 is 1.00 bits per heavy atom. The summed E-state index contributed by atoms with van der Waals surface area (Å²) in [6.45, 7) is 4.35. The van der Waals surface area contributed by atoms with E-state index in [0.717, 1.165) is 42.7 Å². The number of nitrogens with zero attached hydrogens (tertiary/aromatic N) is 2. The first-order valence-electron chi connectivity index (χ1n) is 12.4. The van der Waals surface area contributed by atoms with Crippen molar-refractivity contribution in [1.29, 1.82) is 0 Å². The predicted octanol–water partition coefficient (Wildman–Crippen LogP) is 4.73. The van der Waals surface area contributed by atoms with Crippen LogP contribution in [0.25, 0.3) is 10.8 Å². The lowest BCUT2D eigenvalue weighted by atomic mass is 9.81. The SMILES string of the molecule is COCCC1(C)C(=O)N(C2CCN(C3c4cccc5cccc(c45)C3O)CC2)c2ccccc21. The largest absolute Gasteiger partial charge is 0.386 e. The Kier molecular flexibility index (Phi) is 5.25. The molecule has 1 saturated heterocycles. The normalized spacial score (nSPS) is 27.0. The van der Waals surface area contributed by atoms with Crippen LogP contribution in [-0.2, 0) is 14.9 Å². The summed E-state index contributed by atoms with van der Waals surface area (Å²) in [4.78, 5) is 18.3. The maximum atomic E-state index is 13.8. The van der Waals surface area contributed by atoms with Gasteiger partial charge in [0.2, 0.25) is 5.91 Å². The highest BCUT2D eigenvalue weighted by atomic mass is 16.5. The summed E-state index contributed by atoms with van der Waals surface area (Å²) in [7, 11) is 1.69. The van der Waals surface area contributed by atoms with Crippen LogP contribution in [0.2, 0.25) is 0 Å². The molecule has 1 fully saturated rings. The lowest BCUT2D eigenvalue weighted by Crippen LogP contribution is -2.50. The van der Waals surface area contributed by atoms with Crippen molar-refractivity contribution in [2.45, 2.75) is 49.8 Å². The Balaban J connectivity index is 1.24. The van der Waals surface area contributed by atoms with Gasteiger partial charge in [0.25, 0.3) is 0 Å². The van der Waals surface area contributed by atoms with Gasteiger partial charge in [0, 0.05) is 38.5 Å². The molecule has 3 atom stereocenters. The molecule has 3 aliphatic rings. The summed E-state index contributed by atoms with van der Waals surface area (Å²) >= 11 is 0. The predicted molar refractivity (Wildman–Crippen MR) is 134 cm³/mol. The van der Waals surface area contributed by atoms with E-state index in [9.17, 15) is 9.90 Å². The molecule has 3 aromatic carbocycles. The van der Waals surface area contributed by atoms with E-state index in [1.54, 1.807) is 7.11 Å². The summed E-state index contributed by atoms with van der Waals surface area (Å²) in [5.41, 5.74) is 3.91. The van der Waals surface area contributed by atoms with Gasteiger partial charge in [0.05, 0.1) is 17.6 Å². The number of fused-ring (bicyclic) bond motifs is 1. The fraction of sp³-hybridized carbons (Fsp3) is 0.414. The van der Waals surface area contributed by atoms with Crippen LogP contribution in [0.15, 0.2) is 60.7 Å². The van der Waals surface area contributed by atoms with Crippen molar-refractivity contribution in [3.8, 4) is 0 Å². The van der Waals surface area contributed by atoms with E-state index in [-0.39, 0.29) is 18.0 Å². The molecule has 2 heterocycles. The van der Waals surface area contributed by atoms with E-state index < -0.39 is 11.5 Å². The molecular weight excluding hydrogens is 424 g/mol. The van der Waals surface area contributed by atoms with Crippen LogP contribution in [0.4, 0.5) is 5.69 Å². The molecule has 176 valence electrons. The summed E-state index contributed by atoms with van der Waals surface area (Å²) < 4.78 is 5.34. The number of ether oxygens (including phenoxy) is 1. The minimum atomic E-state index is -0.539. The minimum absolute atomic E-state index is 0.0180. The van der Waals surface area contributed by atoms with Crippen LogP contribution < -0.4 is 4.90 Å². The topological polar surface area (TPSA) is 53.0 Å². The molecule has 1 amide bonds. The third-order valence-electron chi connectivity index (χ3n) is 8.42. The van der Waals surface area contributed by atoms with Crippen LogP contribution in [0.1, 0.15) is 55.0 Å². The van der Waals surface area contributed by atoms with Gasteiger partial charge in [0.15, 0.2) is 0 Å². The van der Waals surface area contributed by atoms with Gasteiger partial charge < -0.3 is 14.7 Å². The Bertz CT molecular complexity index is 1240. The van der Waals surface area contributed by atoms with Crippen molar-refractivity contribution in [3.05, 3.63) is 77.4 Å². The molecule has 1 aliphatic carbocycles. The lowest BCUT2D eigenvalue weighted by Gasteiger charge is -2.41. The number of methoxy groups -OCH3 is 1. The second kappa shape index (κ2) is 8.19. The Morgan fingerprint density at radius 2 is 1.71 bits per heavy atom. The average molecular weight is 457 g/mol. The number of rotatable bonds is 5. The number of piperidine rings is 1. The number of carbonyl (C=O) groups is 1. The van der Waals surface area contributed by atoms with E-state index >= 15 is 0 Å². The van der Waals surface area contributed by atoms with Gasteiger partial charge in [-0.1, -0.05) is 54.6 Å². The number of carbonyl (C=O) groups excluding carboxylic acids is 1. The van der Waals surface area contributed by atoms with Crippen molar-refractivity contribution >= 4 is 22.4 Å². The van der Waals surface area contributed by atoms with Gasteiger partial charge in [-0.2, -0.15) is 0 Å². The van der Waals surface area contributed by atoms with Gasteiger partial charge in [-0.25, -0.2) is 0 Å². The third kappa shape index (κ3) is 3.07. The first kappa shape index (κ1) is 21.8. The number of hydrogen-bond acceptors (Lipinski definition) is 4. The number of anilines is 1. The molecule has 3 aromatic rings. The Labute approximate surface area is 200 Å². The molecule has 0 saturated carbocycles. The lowest BCUT2D eigenvalue weighted by molar-refractivity contribution is -0.124. The molecule has 0 aromatic heterocycles. The first-order chi connectivity index (χ1) is 16.5. The van der Waals surface area contributed by atoms with Crippen molar-refractivity contribution < 1.29 is 14.6 Å². The highest BCUT2D eigenvalue weighted by molar-refractivity contribution is 6.08. The van der Waals surface area contributed by atoms with Crippen molar-refractivity contribution in [3.63, 3.8) is 0 Å². The first-order valence-corrected chi connectivity index (χ1v) is 12.4. The van der Waals surface area contributed by atoms with Gasteiger partial charge in [-0.15, -0.1) is 0 Å². The quantitative estimate of drug-likeness (QED) is 0.603. The zero-order valence-electron chi connectivity index (χ0n) is 19.9. The standard InChI is InChI=1S/C29H32N2O3/c1-29(15-18-34-2)23-11-3-4-12-24(23)31(28(29)33)20-13-16-30(17-14-20)26-21-9-5-7-19-8-6-10-22(25(19)21)27(26)32/h3-12,20,26-27,32H,13-18H2,1-2H3. The van der Waals surface area contributed by atoms with E-state index in [4.69, 9.17) is 4.74 Å². The van der Waals surface area contributed by atoms with E-state index in [1.165, 1.54) is 16.3 Å². The highest BCUT2D eigenvalue weighted by Crippen LogP contribution is 2.49. The van der Waals surface area contributed by atoms with Gasteiger partial charge >= 0.3 is 0 Å². The monoisotopic (exact) mass is 456 g/mol. The number of benzene rings is 3. The zero-order chi connectivity index (χ0) is 23.4. The third-order valence-corrected chi connectivity index (χ3v) is 8.42. The fourth-order valence-electron chi connectivity index (χ4n) is 6.60. The van der Waals surface area contributed by atoms with Crippen molar-refractivity contribution in [1.82, 2.24) is 4.90 Å². The molecule has 3 unspecified atom stereocenters. The maximum absolute atomic E-state index is 13.8. The van der Waals surface area contributed by atoms with Crippen molar-refractivity contribution in [2.75, 3.05) is 31.7 Å². The summed E-state index contributed by atoms with van der Waals surface area (Å²) in [6, 6.07) is 21.0. The van der Waals surface area contributed by atoms with Crippen LogP contribution in [0.5, 0.6) is 0 Å². The average Bonchev–Trinajstić information content (AvgIpc) is 3.28. The highest BCUT2D eigenvalue weighted by Gasteiger charge is 2.49. The van der Waals surface area contributed by atoms with Gasteiger partial charge in [-0.05, 0) is 59.7 Å². The van der Waals surface area contributed by atoms with Crippen molar-refractivity contribution in [2.24, 2.45) is 0 Å². The number of aliphatic hydroxyl groups is 1. The Hall–Kier alpha value is -2.73. The van der Waals surface area contributed by atoms with Gasteiger partial charge in [-0.3, -0.25) is 9.69 Å². The van der Waals surface area contributed by atoms with Gasteiger partial charge in [0.1, 0.15) is 0 Å². The van der Waals surface area contributed by atoms with E-state index in [1.807, 2.05) is 18.2 Å². The molecule has 2 aliphatic heterocycles. The molecule has 6 rings (SSSR count).